The number of ether oxygens (including phenoxy) is 1. The molecule has 2 aromatic carbocycles. The first kappa shape index (κ1) is 23.0. The summed E-state index contributed by atoms with van der Waals surface area (Å²) in [7, 11) is -3.38. The summed E-state index contributed by atoms with van der Waals surface area (Å²) in [4.78, 5) is 24.9. The number of sulfone groups is 1. The van der Waals surface area contributed by atoms with Gasteiger partial charge in [0.15, 0.2) is 15.6 Å². The van der Waals surface area contributed by atoms with Crippen LogP contribution in [0.3, 0.4) is 0 Å². The topological polar surface area (TPSA) is 89.5 Å². The van der Waals surface area contributed by atoms with Gasteiger partial charge in [-0.25, -0.2) is 8.42 Å². The minimum absolute atomic E-state index is 0.0204. The van der Waals surface area contributed by atoms with Crippen molar-refractivity contribution in [2.45, 2.75) is 62.0 Å². The van der Waals surface area contributed by atoms with Crippen LogP contribution in [-0.2, 0) is 14.6 Å². The number of ketones is 1. The highest BCUT2D eigenvalue weighted by molar-refractivity contribution is 7.92. The summed E-state index contributed by atoms with van der Waals surface area (Å²) in [5, 5.41) is 2.37. The van der Waals surface area contributed by atoms with Crippen LogP contribution in [0, 0.1) is 0 Å². The molecule has 1 fully saturated rings. The summed E-state index contributed by atoms with van der Waals surface area (Å²) >= 11 is 0. The third-order valence-electron chi connectivity index (χ3n) is 5.42. The third-order valence-corrected chi connectivity index (χ3v) is 7.68. The molecule has 31 heavy (non-hydrogen) atoms. The summed E-state index contributed by atoms with van der Waals surface area (Å²) in [6, 6.07) is 13.2. The van der Waals surface area contributed by atoms with Gasteiger partial charge >= 0.3 is 0 Å². The van der Waals surface area contributed by atoms with Crippen LogP contribution < -0.4 is 10.1 Å². The van der Waals surface area contributed by atoms with Crippen LogP contribution in [0.15, 0.2) is 53.4 Å². The molecule has 1 aliphatic carbocycles. The maximum absolute atomic E-state index is 12.8. The zero-order valence-corrected chi connectivity index (χ0v) is 18.6. The number of benzene rings is 2. The van der Waals surface area contributed by atoms with Crippen molar-refractivity contribution >= 4 is 27.2 Å². The Morgan fingerprint density at radius 2 is 1.74 bits per heavy atom. The molecule has 0 atom stereocenters. The quantitative estimate of drug-likeness (QED) is 0.533. The number of nitrogens with one attached hydrogen (secondary N) is 1. The summed E-state index contributed by atoms with van der Waals surface area (Å²) in [5.74, 6) is 0.255. The average molecular weight is 444 g/mol. The molecule has 3 rings (SSSR count). The Morgan fingerprint density at radius 1 is 1.03 bits per heavy atom. The van der Waals surface area contributed by atoms with E-state index in [9.17, 15) is 18.0 Å². The number of hydrogen-bond acceptors (Lipinski definition) is 5. The van der Waals surface area contributed by atoms with Crippen molar-refractivity contribution < 1.29 is 22.7 Å². The molecule has 1 saturated carbocycles. The molecule has 0 aliphatic heterocycles. The van der Waals surface area contributed by atoms with E-state index in [1.807, 2.05) is 6.92 Å². The van der Waals surface area contributed by atoms with Gasteiger partial charge in [-0.15, -0.1) is 0 Å². The molecule has 6 nitrogen and oxygen atoms in total. The van der Waals surface area contributed by atoms with Crippen LogP contribution in [0.2, 0.25) is 0 Å². The van der Waals surface area contributed by atoms with E-state index in [0.717, 1.165) is 19.3 Å². The third kappa shape index (κ3) is 6.17. The molecule has 7 heteroatoms. The van der Waals surface area contributed by atoms with Crippen LogP contribution >= 0.6 is 0 Å². The first-order valence-corrected chi connectivity index (χ1v) is 12.3. The molecule has 0 unspecified atom stereocenters. The van der Waals surface area contributed by atoms with Crippen molar-refractivity contribution in [3.8, 4) is 5.75 Å². The first-order valence-electron chi connectivity index (χ1n) is 10.8. The van der Waals surface area contributed by atoms with Gasteiger partial charge in [-0.3, -0.25) is 9.59 Å². The summed E-state index contributed by atoms with van der Waals surface area (Å²) in [6.07, 6.45) is 4.24. The van der Waals surface area contributed by atoms with E-state index >= 15 is 0 Å². The van der Waals surface area contributed by atoms with E-state index in [1.54, 1.807) is 42.5 Å². The molecule has 2 aromatic rings. The molecule has 0 aromatic heterocycles. The number of carbonyl (C=O) groups excluding carboxylic acids is 2. The lowest BCUT2D eigenvalue weighted by Gasteiger charge is -2.12. The fourth-order valence-electron chi connectivity index (χ4n) is 3.69. The number of rotatable bonds is 10. The Morgan fingerprint density at radius 3 is 2.42 bits per heavy atom. The lowest BCUT2D eigenvalue weighted by molar-refractivity contribution is -0.116. The molecule has 0 spiro atoms. The lowest BCUT2D eigenvalue weighted by atomic mass is 10.1. The molecule has 0 bridgehead atoms. The number of anilines is 1. The Kier molecular flexibility index (Phi) is 7.85. The smallest absolute Gasteiger partial charge is 0.224 e. The van der Waals surface area contributed by atoms with Gasteiger partial charge in [0.2, 0.25) is 5.91 Å². The Bertz CT molecular complexity index is 1010. The van der Waals surface area contributed by atoms with E-state index in [-0.39, 0.29) is 34.7 Å². The van der Waals surface area contributed by atoms with Crippen LogP contribution in [0.1, 0.15) is 62.2 Å². The normalized spacial score (nSPS) is 14.4. The van der Waals surface area contributed by atoms with Crippen molar-refractivity contribution in [3.63, 3.8) is 0 Å². The molecular formula is C24H29NO5S. The number of Topliss-reactive ketones (excluding diaryl/α,β-unsaturated/α-hetero) is 1. The van der Waals surface area contributed by atoms with Crippen LogP contribution in [-0.4, -0.2) is 32.0 Å². The number of carbonyl (C=O) groups is 2. The highest BCUT2D eigenvalue weighted by Gasteiger charge is 2.30. The predicted octanol–water partition coefficient (Wildman–Crippen LogP) is 4.79. The molecule has 166 valence electrons. The Labute approximate surface area is 183 Å². The highest BCUT2D eigenvalue weighted by Crippen LogP contribution is 2.30. The van der Waals surface area contributed by atoms with Crippen molar-refractivity contribution in [3.05, 3.63) is 54.1 Å². The maximum atomic E-state index is 12.8. The van der Waals surface area contributed by atoms with E-state index < -0.39 is 9.84 Å². The number of hydrogen-bond donors (Lipinski definition) is 1. The van der Waals surface area contributed by atoms with Gasteiger partial charge in [-0.2, -0.15) is 0 Å². The molecule has 0 radical (unpaired) electrons. The maximum Gasteiger partial charge on any atom is 0.224 e. The summed E-state index contributed by atoms with van der Waals surface area (Å²) in [6.45, 7) is 2.64. The van der Waals surface area contributed by atoms with Crippen LogP contribution in [0.4, 0.5) is 5.69 Å². The fourth-order valence-corrected chi connectivity index (χ4v) is 5.59. The molecule has 1 aliphatic rings. The fraction of sp³-hybridized carbons (Fsp3) is 0.417. The lowest BCUT2D eigenvalue weighted by Crippen LogP contribution is -2.18. The average Bonchev–Trinajstić information content (AvgIpc) is 3.32. The van der Waals surface area contributed by atoms with Gasteiger partial charge in [-0.05, 0) is 61.7 Å². The number of amides is 1. The van der Waals surface area contributed by atoms with Gasteiger partial charge < -0.3 is 10.1 Å². The SMILES string of the molecule is CCCOc1ccc(C(=O)CCC(=O)Nc2cccc(S(=O)(=O)C3CCCC3)c2)cc1. The second-order valence-electron chi connectivity index (χ2n) is 7.82. The largest absolute Gasteiger partial charge is 0.494 e. The van der Waals surface area contributed by atoms with E-state index in [1.165, 1.54) is 6.07 Å². The van der Waals surface area contributed by atoms with E-state index in [2.05, 4.69) is 5.32 Å². The van der Waals surface area contributed by atoms with Gasteiger partial charge in [0.05, 0.1) is 16.8 Å². The molecule has 0 saturated heterocycles. The minimum atomic E-state index is -3.38. The highest BCUT2D eigenvalue weighted by atomic mass is 32.2. The Hall–Kier alpha value is -2.67. The summed E-state index contributed by atoms with van der Waals surface area (Å²) < 4.78 is 31.0. The predicted molar refractivity (Wildman–Crippen MR) is 120 cm³/mol. The zero-order valence-electron chi connectivity index (χ0n) is 17.8. The van der Waals surface area contributed by atoms with Gasteiger partial charge in [0.25, 0.3) is 0 Å². The standard InChI is InChI=1S/C24H29NO5S/c1-2-16-30-20-12-10-18(11-13-20)23(26)14-15-24(27)25-19-6-5-9-22(17-19)31(28,29)21-7-3-4-8-21/h5-6,9-13,17,21H,2-4,7-8,14-16H2,1H3,(H,25,27). The minimum Gasteiger partial charge on any atom is -0.494 e. The van der Waals surface area contributed by atoms with Gasteiger partial charge in [0.1, 0.15) is 5.75 Å². The van der Waals surface area contributed by atoms with Crippen LogP contribution in [0.25, 0.3) is 0 Å². The van der Waals surface area contributed by atoms with E-state index in [0.29, 0.717) is 36.4 Å². The molecule has 1 N–H and O–H groups in total. The van der Waals surface area contributed by atoms with Crippen molar-refractivity contribution in [1.82, 2.24) is 0 Å². The van der Waals surface area contributed by atoms with E-state index in [4.69, 9.17) is 4.74 Å². The van der Waals surface area contributed by atoms with Gasteiger partial charge in [-0.1, -0.05) is 25.8 Å². The van der Waals surface area contributed by atoms with Crippen LogP contribution in [0.5, 0.6) is 5.75 Å². The van der Waals surface area contributed by atoms with Crippen molar-refractivity contribution in [2.24, 2.45) is 0 Å². The monoisotopic (exact) mass is 443 g/mol. The molecular weight excluding hydrogens is 414 g/mol. The second kappa shape index (κ2) is 10.6. The summed E-state index contributed by atoms with van der Waals surface area (Å²) in [5.41, 5.74) is 0.954. The Balaban J connectivity index is 1.54. The zero-order chi connectivity index (χ0) is 22.3. The second-order valence-corrected chi connectivity index (χ2v) is 10.1. The molecule has 1 amide bonds. The molecule has 0 heterocycles. The van der Waals surface area contributed by atoms with Gasteiger partial charge in [0, 0.05) is 24.1 Å². The van der Waals surface area contributed by atoms with Crippen molar-refractivity contribution in [1.29, 1.82) is 0 Å². The van der Waals surface area contributed by atoms with Crippen molar-refractivity contribution in [2.75, 3.05) is 11.9 Å². The first-order chi connectivity index (χ1) is 14.9.